The van der Waals surface area contributed by atoms with Gasteiger partial charge in [0.05, 0.1) is 6.54 Å². The molecule has 1 heterocycles. The molecule has 0 radical (unpaired) electrons. The Kier molecular flexibility index (Phi) is 2.45. The second kappa shape index (κ2) is 3.57. The van der Waals surface area contributed by atoms with Crippen LogP contribution in [0.4, 0.5) is 5.69 Å². The lowest BCUT2D eigenvalue weighted by Crippen LogP contribution is -2.11. The highest BCUT2D eigenvalue weighted by molar-refractivity contribution is 5.45. The number of pyridine rings is 1. The van der Waals surface area contributed by atoms with E-state index < -0.39 is 0 Å². The van der Waals surface area contributed by atoms with Gasteiger partial charge in [0.25, 0.3) is 0 Å². The van der Waals surface area contributed by atoms with Gasteiger partial charge < -0.3 is 0 Å². The lowest BCUT2D eigenvalue weighted by Gasteiger charge is -2.05. The first-order valence-electron chi connectivity index (χ1n) is 3.43. The van der Waals surface area contributed by atoms with Crippen molar-refractivity contribution in [3.05, 3.63) is 36.1 Å². The molecular formula is C8H9N3. The SMILES string of the molecule is [C-]#[N+]N(CC)c1ccncc1. The van der Waals surface area contributed by atoms with Crippen molar-refractivity contribution in [3.8, 4) is 0 Å². The van der Waals surface area contributed by atoms with Crippen molar-refractivity contribution in [1.82, 2.24) is 4.98 Å². The summed E-state index contributed by atoms with van der Waals surface area (Å²) >= 11 is 0. The van der Waals surface area contributed by atoms with Gasteiger partial charge in [0.2, 0.25) is 0 Å². The Labute approximate surface area is 66.1 Å². The van der Waals surface area contributed by atoms with Gasteiger partial charge in [-0.25, -0.2) is 0 Å². The summed E-state index contributed by atoms with van der Waals surface area (Å²) in [5.41, 5.74) is 0.900. The van der Waals surface area contributed by atoms with Crippen molar-refractivity contribution >= 4 is 5.69 Å². The Balaban J connectivity index is 2.85. The van der Waals surface area contributed by atoms with E-state index in [0.29, 0.717) is 6.54 Å². The highest BCUT2D eigenvalue weighted by Crippen LogP contribution is 2.10. The van der Waals surface area contributed by atoms with E-state index in [1.54, 1.807) is 17.4 Å². The molecule has 0 saturated heterocycles. The summed E-state index contributed by atoms with van der Waals surface area (Å²) in [4.78, 5) is 7.20. The molecule has 0 bridgehead atoms. The molecule has 56 valence electrons. The minimum atomic E-state index is 0.702. The van der Waals surface area contributed by atoms with Crippen molar-refractivity contribution < 1.29 is 0 Å². The van der Waals surface area contributed by atoms with Crippen molar-refractivity contribution in [2.45, 2.75) is 6.92 Å². The van der Waals surface area contributed by atoms with Crippen LogP contribution in [0.2, 0.25) is 0 Å². The van der Waals surface area contributed by atoms with Crippen LogP contribution in [-0.2, 0) is 0 Å². The summed E-state index contributed by atoms with van der Waals surface area (Å²) in [6.07, 6.45) is 3.37. The zero-order chi connectivity index (χ0) is 8.10. The maximum absolute atomic E-state index is 6.83. The first kappa shape index (κ1) is 7.55. The predicted octanol–water partition coefficient (Wildman–Crippen LogP) is 1.74. The summed E-state index contributed by atoms with van der Waals surface area (Å²) < 4.78 is 0. The van der Waals surface area contributed by atoms with Crippen molar-refractivity contribution in [2.75, 3.05) is 11.6 Å². The predicted molar refractivity (Wildman–Crippen MR) is 43.9 cm³/mol. The van der Waals surface area contributed by atoms with Gasteiger partial charge in [0.15, 0.2) is 0 Å². The normalized spacial score (nSPS) is 8.73. The number of aromatic nitrogens is 1. The molecule has 0 aliphatic rings. The van der Waals surface area contributed by atoms with Gasteiger partial charge in [-0.2, -0.15) is 11.5 Å². The van der Waals surface area contributed by atoms with Gasteiger partial charge in [-0.05, 0) is 19.1 Å². The average Bonchev–Trinajstić information content (AvgIpc) is 2.09. The molecule has 0 amide bonds. The van der Waals surface area contributed by atoms with Crippen LogP contribution in [-0.4, -0.2) is 11.5 Å². The first-order valence-corrected chi connectivity index (χ1v) is 3.43. The molecule has 3 heteroatoms. The fourth-order valence-corrected chi connectivity index (χ4v) is 0.827. The summed E-state index contributed by atoms with van der Waals surface area (Å²) in [7, 11) is 0. The molecule has 0 atom stereocenters. The van der Waals surface area contributed by atoms with E-state index in [9.17, 15) is 0 Å². The van der Waals surface area contributed by atoms with Crippen LogP contribution in [0.5, 0.6) is 0 Å². The Morgan fingerprint density at radius 2 is 2.18 bits per heavy atom. The molecule has 1 rings (SSSR count). The number of rotatable bonds is 2. The second-order valence-corrected chi connectivity index (χ2v) is 2.02. The molecule has 0 unspecified atom stereocenters. The van der Waals surface area contributed by atoms with E-state index in [1.807, 2.05) is 19.1 Å². The highest BCUT2D eigenvalue weighted by Gasteiger charge is 2.04. The van der Waals surface area contributed by atoms with E-state index in [2.05, 4.69) is 9.94 Å². The highest BCUT2D eigenvalue weighted by atomic mass is 15.4. The summed E-state index contributed by atoms with van der Waals surface area (Å²) in [5.74, 6) is 0. The summed E-state index contributed by atoms with van der Waals surface area (Å²) in [6, 6.07) is 3.64. The largest absolute Gasteiger partial charge is 0.265 e. The maximum atomic E-state index is 6.83. The lowest BCUT2D eigenvalue weighted by atomic mass is 10.4. The third-order valence-electron chi connectivity index (χ3n) is 1.38. The minimum absolute atomic E-state index is 0.702. The molecule has 0 aliphatic carbocycles. The Bertz CT molecular complexity index is 250. The van der Waals surface area contributed by atoms with Crippen LogP contribution in [0.15, 0.2) is 24.5 Å². The maximum Gasteiger partial charge on any atom is 0.116 e. The van der Waals surface area contributed by atoms with Gasteiger partial charge in [0.1, 0.15) is 5.69 Å². The molecule has 11 heavy (non-hydrogen) atoms. The fraction of sp³-hybridized carbons (Fsp3) is 0.250. The molecule has 1 aromatic heterocycles. The average molecular weight is 147 g/mol. The Morgan fingerprint density at radius 1 is 1.55 bits per heavy atom. The van der Waals surface area contributed by atoms with Gasteiger partial charge in [0, 0.05) is 12.4 Å². The molecule has 0 N–H and O–H groups in total. The van der Waals surface area contributed by atoms with Crippen molar-refractivity contribution in [2.24, 2.45) is 0 Å². The smallest absolute Gasteiger partial charge is 0.116 e. The fourth-order valence-electron chi connectivity index (χ4n) is 0.827. The lowest BCUT2D eigenvalue weighted by molar-refractivity contribution is 1.01. The quantitative estimate of drug-likeness (QED) is 0.469. The monoisotopic (exact) mass is 147 g/mol. The number of anilines is 1. The van der Waals surface area contributed by atoms with Crippen molar-refractivity contribution in [1.29, 1.82) is 0 Å². The number of hydrogen-bond donors (Lipinski definition) is 0. The van der Waals surface area contributed by atoms with Gasteiger partial charge in [-0.1, -0.05) is 5.01 Å². The Morgan fingerprint density at radius 3 is 2.64 bits per heavy atom. The molecule has 0 aromatic carbocycles. The molecule has 3 nitrogen and oxygen atoms in total. The van der Waals surface area contributed by atoms with Crippen LogP contribution in [0.1, 0.15) is 6.92 Å². The standard InChI is InChI=1S/C8H9N3/c1-3-11(9-2)8-4-6-10-7-5-8/h4-7H,3H2,1H3. The van der Waals surface area contributed by atoms with Gasteiger partial charge in [-0.15, -0.1) is 0 Å². The third kappa shape index (κ3) is 1.68. The molecule has 0 spiro atoms. The van der Waals surface area contributed by atoms with E-state index in [-0.39, 0.29) is 0 Å². The molecule has 0 fully saturated rings. The first-order chi connectivity index (χ1) is 5.38. The zero-order valence-corrected chi connectivity index (χ0v) is 6.36. The molecule has 0 aliphatic heterocycles. The minimum Gasteiger partial charge on any atom is -0.265 e. The van der Waals surface area contributed by atoms with Crippen LogP contribution < -0.4 is 5.01 Å². The van der Waals surface area contributed by atoms with E-state index in [1.165, 1.54) is 0 Å². The van der Waals surface area contributed by atoms with Crippen LogP contribution >= 0.6 is 0 Å². The molecule has 1 aromatic rings. The van der Waals surface area contributed by atoms with Gasteiger partial charge in [-0.3, -0.25) is 4.98 Å². The van der Waals surface area contributed by atoms with Crippen LogP contribution in [0.3, 0.4) is 0 Å². The second-order valence-electron chi connectivity index (χ2n) is 2.02. The third-order valence-corrected chi connectivity index (χ3v) is 1.38. The van der Waals surface area contributed by atoms with Crippen LogP contribution in [0, 0.1) is 6.57 Å². The van der Waals surface area contributed by atoms with Crippen LogP contribution in [0.25, 0.3) is 4.95 Å². The summed E-state index contributed by atoms with van der Waals surface area (Å²) in [6.45, 7) is 9.47. The number of hydrogen-bond acceptors (Lipinski definition) is 2. The molecule has 0 saturated carbocycles. The van der Waals surface area contributed by atoms with Gasteiger partial charge >= 0.3 is 0 Å². The molecular weight excluding hydrogens is 138 g/mol. The van der Waals surface area contributed by atoms with E-state index in [4.69, 9.17) is 6.57 Å². The Hall–Kier alpha value is -1.56. The van der Waals surface area contributed by atoms with Crippen molar-refractivity contribution in [3.63, 3.8) is 0 Å². The summed E-state index contributed by atoms with van der Waals surface area (Å²) in [5, 5.41) is 1.58. The topological polar surface area (TPSA) is 20.5 Å². The number of nitrogens with zero attached hydrogens (tertiary/aromatic N) is 3. The van der Waals surface area contributed by atoms with E-state index >= 15 is 0 Å². The van der Waals surface area contributed by atoms with E-state index in [0.717, 1.165) is 5.69 Å². The zero-order valence-electron chi connectivity index (χ0n) is 6.36.